The number of ether oxygens (including phenoxy) is 1. The lowest BCUT2D eigenvalue weighted by Crippen LogP contribution is -2.59. The van der Waals surface area contributed by atoms with Gasteiger partial charge in [0.15, 0.2) is 0 Å². The van der Waals surface area contributed by atoms with E-state index in [1.165, 1.54) is 4.80 Å². The molecule has 0 spiro atoms. The van der Waals surface area contributed by atoms with Gasteiger partial charge in [-0.25, -0.2) is 4.98 Å². The number of amides is 1. The number of carbonyl (C=O) groups excluding carboxylic acids is 1. The first-order valence-corrected chi connectivity index (χ1v) is 10.5. The van der Waals surface area contributed by atoms with E-state index in [-0.39, 0.29) is 18.1 Å². The predicted molar refractivity (Wildman–Crippen MR) is 112 cm³/mol. The fraction of sp³-hybridized carbons (Fsp3) is 0.364. The van der Waals surface area contributed by atoms with Crippen LogP contribution in [0.25, 0.3) is 5.69 Å². The quantitative estimate of drug-likeness (QED) is 0.639. The Labute approximate surface area is 179 Å². The second-order valence-corrected chi connectivity index (χ2v) is 8.40. The predicted octanol–water partition coefficient (Wildman–Crippen LogP) is 3.70. The molecule has 1 saturated carbocycles. The van der Waals surface area contributed by atoms with Crippen molar-refractivity contribution in [1.29, 1.82) is 0 Å². The monoisotopic (exact) mass is 423 g/mol. The SMILES string of the molecule is Cc1cnc(OC2CC3CCC2N(C(=O)c2ccccc2-n2nccn2)C3)c(Cl)c1. The molecule has 1 amide bonds. The molecule has 6 rings (SSSR count). The van der Waals surface area contributed by atoms with Crippen LogP contribution in [-0.4, -0.2) is 49.5 Å². The van der Waals surface area contributed by atoms with E-state index < -0.39 is 0 Å². The second-order valence-electron chi connectivity index (χ2n) is 8.00. The van der Waals surface area contributed by atoms with Gasteiger partial charge in [0.05, 0.1) is 29.7 Å². The van der Waals surface area contributed by atoms with E-state index in [4.69, 9.17) is 16.3 Å². The first kappa shape index (κ1) is 19.1. The molecule has 8 heteroatoms. The Bertz CT molecular complexity index is 1070. The van der Waals surface area contributed by atoms with Crippen molar-refractivity contribution in [1.82, 2.24) is 24.9 Å². The normalized spacial score (nSPS) is 22.9. The Morgan fingerprint density at radius 1 is 1.20 bits per heavy atom. The van der Waals surface area contributed by atoms with Gasteiger partial charge in [-0.15, -0.1) is 0 Å². The zero-order valence-corrected chi connectivity index (χ0v) is 17.4. The lowest BCUT2D eigenvalue weighted by atomic mass is 9.77. The fourth-order valence-corrected chi connectivity index (χ4v) is 4.83. The molecule has 30 heavy (non-hydrogen) atoms. The van der Waals surface area contributed by atoms with E-state index in [2.05, 4.69) is 15.2 Å². The molecule has 2 saturated heterocycles. The molecule has 3 aliphatic rings. The first-order valence-electron chi connectivity index (χ1n) is 10.2. The summed E-state index contributed by atoms with van der Waals surface area (Å²) in [6, 6.07) is 9.28. The highest BCUT2D eigenvalue weighted by Gasteiger charge is 2.45. The van der Waals surface area contributed by atoms with Crippen molar-refractivity contribution < 1.29 is 9.53 Å². The molecule has 2 aromatic heterocycles. The van der Waals surface area contributed by atoms with Crippen LogP contribution in [0.1, 0.15) is 35.2 Å². The highest BCUT2D eigenvalue weighted by molar-refractivity contribution is 6.31. The summed E-state index contributed by atoms with van der Waals surface area (Å²) < 4.78 is 6.23. The van der Waals surface area contributed by atoms with Crippen molar-refractivity contribution in [3.05, 3.63) is 65.1 Å². The van der Waals surface area contributed by atoms with Crippen molar-refractivity contribution in [2.45, 2.75) is 38.3 Å². The molecular weight excluding hydrogens is 402 g/mol. The largest absolute Gasteiger partial charge is 0.471 e. The molecule has 3 atom stereocenters. The number of aromatic nitrogens is 4. The number of para-hydroxylation sites is 1. The number of hydrogen-bond donors (Lipinski definition) is 0. The molecule has 3 unspecified atom stereocenters. The molecule has 2 aliphatic heterocycles. The third-order valence-electron chi connectivity index (χ3n) is 5.96. The van der Waals surface area contributed by atoms with Gasteiger partial charge < -0.3 is 9.64 Å². The molecule has 154 valence electrons. The van der Waals surface area contributed by atoms with Gasteiger partial charge in [0.1, 0.15) is 11.1 Å². The number of benzene rings is 1. The van der Waals surface area contributed by atoms with Gasteiger partial charge in [-0.2, -0.15) is 15.0 Å². The standard InChI is InChI=1S/C22H22ClN5O2/c1-14-10-17(23)21(24-12-14)30-20-11-15-6-7-19(20)27(13-15)22(29)16-4-2-3-5-18(16)28-25-8-9-26-28/h2-5,8-10,12,15,19-20H,6-7,11,13H2,1H3. The van der Waals surface area contributed by atoms with Crippen molar-refractivity contribution in [2.24, 2.45) is 5.92 Å². The van der Waals surface area contributed by atoms with Crippen LogP contribution in [-0.2, 0) is 0 Å². The van der Waals surface area contributed by atoms with Crippen LogP contribution in [0.3, 0.4) is 0 Å². The maximum atomic E-state index is 13.6. The fourth-order valence-electron chi connectivity index (χ4n) is 4.57. The number of nitrogens with zero attached hydrogens (tertiary/aromatic N) is 5. The number of hydrogen-bond acceptors (Lipinski definition) is 5. The Morgan fingerprint density at radius 3 is 2.77 bits per heavy atom. The van der Waals surface area contributed by atoms with Crippen molar-refractivity contribution in [2.75, 3.05) is 6.54 Å². The van der Waals surface area contributed by atoms with Crippen LogP contribution >= 0.6 is 11.6 Å². The molecule has 4 heterocycles. The van der Waals surface area contributed by atoms with Gasteiger partial charge in [0.25, 0.3) is 5.91 Å². The van der Waals surface area contributed by atoms with Crippen molar-refractivity contribution in [3.63, 3.8) is 0 Å². The molecule has 2 bridgehead atoms. The summed E-state index contributed by atoms with van der Waals surface area (Å²) >= 11 is 6.34. The highest BCUT2D eigenvalue weighted by Crippen LogP contribution is 2.39. The summed E-state index contributed by atoms with van der Waals surface area (Å²) in [7, 11) is 0. The molecule has 3 fully saturated rings. The van der Waals surface area contributed by atoms with Gasteiger partial charge >= 0.3 is 0 Å². The maximum absolute atomic E-state index is 13.6. The third kappa shape index (κ3) is 3.43. The van der Waals surface area contributed by atoms with Gasteiger partial charge in [-0.3, -0.25) is 4.79 Å². The summed E-state index contributed by atoms with van der Waals surface area (Å²) in [6.07, 6.45) is 7.75. The molecule has 0 radical (unpaired) electrons. The van der Waals surface area contributed by atoms with Crippen LogP contribution in [0.2, 0.25) is 5.02 Å². The number of carbonyl (C=O) groups is 1. The smallest absolute Gasteiger partial charge is 0.256 e. The lowest BCUT2D eigenvalue weighted by Gasteiger charge is -2.49. The molecule has 7 nitrogen and oxygen atoms in total. The third-order valence-corrected chi connectivity index (χ3v) is 6.23. The Kier molecular flexibility index (Phi) is 4.90. The van der Waals surface area contributed by atoms with Crippen LogP contribution in [0.4, 0.5) is 0 Å². The van der Waals surface area contributed by atoms with Gasteiger partial charge in [-0.05, 0) is 55.9 Å². The maximum Gasteiger partial charge on any atom is 0.256 e. The number of halogens is 1. The van der Waals surface area contributed by atoms with E-state index in [9.17, 15) is 4.79 Å². The molecule has 3 aromatic rings. The minimum atomic E-state index is -0.121. The zero-order chi connectivity index (χ0) is 20.7. The number of fused-ring (bicyclic) bond motifs is 3. The van der Waals surface area contributed by atoms with Crippen LogP contribution < -0.4 is 4.74 Å². The van der Waals surface area contributed by atoms with Gasteiger partial charge in [-0.1, -0.05) is 23.7 Å². The van der Waals surface area contributed by atoms with Crippen molar-refractivity contribution in [3.8, 4) is 11.6 Å². The summed E-state index contributed by atoms with van der Waals surface area (Å²) in [4.78, 5) is 21.4. The average molecular weight is 424 g/mol. The van der Waals surface area contributed by atoms with Crippen LogP contribution in [0, 0.1) is 12.8 Å². The topological polar surface area (TPSA) is 73.1 Å². The van der Waals surface area contributed by atoms with Crippen LogP contribution in [0.5, 0.6) is 5.88 Å². The number of rotatable bonds is 4. The molecule has 1 aliphatic carbocycles. The van der Waals surface area contributed by atoms with E-state index in [1.807, 2.05) is 42.2 Å². The Morgan fingerprint density at radius 2 is 2.00 bits per heavy atom. The number of aryl methyl sites for hydroxylation is 1. The Hall–Kier alpha value is -2.93. The van der Waals surface area contributed by atoms with Gasteiger partial charge in [0.2, 0.25) is 5.88 Å². The van der Waals surface area contributed by atoms with Crippen LogP contribution in [0.15, 0.2) is 48.9 Å². The van der Waals surface area contributed by atoms with E-state index in [0.29, 0.717) is 28.1 Å². The first-order chi connectivity index (χ1) is 14.6. The summed E-state index contributed by atoms with van der Waals surface area (Å²) in [6.45, 7) is 2.68. The minimum absolute atomic E-state index is 0.0136. The Balaban J connectivity index is 1.42. The summed E-state index contributed by atoms with van der Waals surface area (Å²) in [5.41, 5.74) is 2.25. The zero-order valence-electron chi connectivity index (χ0n) is 16.6. The second kappa shape index (κ2) is 7.72. The molecular formula is C22H22ClN5O2. The van der Waals surface area contributed by atoms with E-state index in [1.54, 1.807) is 18.6 Å². The minimum Gasteiger partial charge on any atom is -0.471 e. The molecule has 1 aromatic carbocycles. The van der Waals surface area contributed by atoms with Gasteiger partial charge in [0, 0.05) is 12.7 Å². The average Bonchev–Trinajstić information content (AvgIpc) is 3.30. The highest BCUT2D eigenvalue weighted by atomic mass is 35.5. The molecule has 0 N–H and O–H groups in total. The van der Waals surface area contributed by atoms with Crippen molar-refractivity contribution >= 4 is 17.5 Å². The van der Waals surface area contributed by atoms with E-state index >= 15 is 0 Å². The number of pyridine rings is 1. The summed E-state index contributed by atoms with van der Waals surface area (Å²) in [5, 5.41) is 8.90. The lowest BCUT2D eigenvalue weighted by molar-refractivity contribution is -0.0313. The van der Waals surface area contributed by atoms with E-state index in [0.717, 1.165) is 31.4 Å². The summed E-state index contributed by atoms with van der Waals surface area (Å²) in [5.74, 6) is 0.824. The number of piperidine rings is 2.